The lowest BCUT2D eigenvalue weighted by atomic mass is 9.96. The summed E-state index contributed by atoms with van der Waals surface area (Å²) in [5, 5.41) is 0. The van der Waals surface area contributed by atoms with Crippen LogP contribution in [-0.2, 0) is 9.53 Å². The fourth-order valence-corrected chi connectivity index (χ4v) is 3.04. The maximum atomic E-state index is 12.2. The van der Waals surface area contributed by atoms with E-state index in [1.54, 1.807) is 4.90 Å². The molecule has 1 atom stereocenters. The maximum Gasteiger partial charge on any atom is 0.231 e. The average molecular weight is 245 g/mol. The van der Waals surface area contributed by atoms with Gasteiger partial charge in [-0.25, -0.2) is 0 Å². The van der Waals surface area contributed by atoms with E-state index < -0.39 is 0 Å². The molecular weight excluding hydrogens is 226 g/mol. The first kappa shape index (κ1) is 11.7. The molecule has 0 aromatic heterocycles. The van der Waals surface area contributed by atoms with Crippen LogP contribution in [0.3, 0.4) is 0 Å². The summed E-state index contributed by atoms with van der Waals surface area (Å²) in [6.45, 7) is 0.407. The average Bonchev–Trinajstić information content (AvgIpc) is 2.93. The number of ether oxygens (including phenoxy) is 1. The van der Waals surface area contributed by atoms with Crippen molar-refractivity contribution in [2.24, 2.45) is 5.92 Å². The maximum absolute atomic E-state index is 12.2. The third-order valence-electron chi connectivity index (χ3n) is 4.09. The lowest BCUT2D eigenvalue weighted by Crippen LogP contribution is -2.44. The van der Waals surface area contributed by atoms with Crippen LogP contribution < -0.4 is 4.90 Å². The number of benzene rings is 1. The second-order valence-electron chi connectivity index (χ2n) is 5.24. The molecule has 96 valence electrons. The molecule has 18 heavy (non-hydrogen) atoms. The van der Waals surface area contributed by atoms with Crippen LogP contribution in [-0.4, -0.2) is 18.7 Å². The van der Waals surface area contributed by atoms with Crippen LogP contribution in [0.15, 0.2) is 30.3 Å². The number of nitrogens with zero attached hydrogens (tertiary/aromatic N) is 1. The Kier molecular flexibility index (Phi) is 3.33. The minimum Gasteiger partial charge on any atom is -0.357 e. The fourth-order valence-electron chi connectivity index (χ4n) is 3.04. The monoisotopic (exact) mass is 245 g/mol. The first-order chi connectivity index (χ1) is 8.84. The van der Waals surface area contributed by atoms with E-state index >= 15 is 0 Å². The van der Waals surface area contributed by atoms with E-state index in [1.165, 1.54) is 25.7 Å². The summed E-state index contributed by atoms with van der Waals surface area (Å²) in [4.78, 5) is 13.9. The van der Waals surface area contributed by atoms with Gasteiger partial charge in [0.25, 0.3) is 0 Å². The Morgan fingerprint density at radius 3 is 2.50 bits per heavy atom. The second-order valence-corrected chi connectivity index (χ2v) is 5.24. The van der Waals surface area contributed by atoms with Gasteiger partial charge in [-0.2, -0.15) is 0 Å². The molecule has 1 saturated heterocycles. The molecule has 1 heterocycles. The topological polar surface area (TPSA) is 29.5 Å². The van der Waals surface area contributed by atoms with Crippen molar-refractivity contribution in [1.29, 1.82) is 0 Å². The van der Waals surface area contributed by atoms with Gasteiger partial charge in [0.1, 0.15) is 6.73 Å². The molecule has 1 amide bonds. The molecule has 0 spiro atoms. The number of amides is 1. The zero-order valence-electron chi connectivity index (χ0n) is 10.5. The molecular formula is C15H19NO2. The lowest BCUT2D eigenvalue weighted by molar-refractivity contribution is -0.130. The zero-order valence-corrected chi connectivity index (χ0v) is 10.5. The SMILES string of the molecule is O=C1C[C@@H](C2CCCC2)OCN1c1ccccc1. The van der Waals surface area contributed by atoms with Crippen molar-refractivity contribution < 1.29 is 9.53 Å². The van der Waals surface area contributed by atoms with E-state index in [0.29, 0.717) is 19.1 Å². The predicted octanol–water partition coefficient (Wildman–Crippen LogP) is 2.96. The molecule has 1 aliphatic carbocycles. The highest BCUT2D eigenvalue weighted by Gasteiger charge is 2.33. The van der Waals surface area contributed by atoms with Crippen LogP contribution in [0.4, 0.5) is 5.69 Å². The predicted molar refractivity (Wildman–Crippen MR) is 70.2 cm³/mol. The molecule has 0 unspecified atom stereocenters. The van der Waals surface area contributed by atoms with E-state index in [-0.39, 0.29) is 12.0 Å². The van der Waals surface area contributed by atoms with Crippen molar-refractivity contribution in [1.82, 2.24) is 0 Å². The first-order valence-electron chi connectivity index (χ1n) is 6.81. The minimum absolute atomic E-state index is 0.153. The Balaban J connectivity index is 1.67. The van der Waals surface area contributed by atoms with Crippen molar-refractivity contribution in [2.75, 3.05) is 11.6 Å². The first-order valence-corrected chi connectivity index (χ1v) is 6.81. The van der Waals surface area contributed by atoms with Crippen molar-refractivity contribution in [3.8, 4) is 0 Å². The van der Waals surface area contributed by atoms with Crippen molar-refractivity contribution in [2.45, 2.75) is 38.2 Å². The number of carbonyl (C=O) groups excluding carboxylic acids is 1. The van der Waals surface area contributed by atoms with Gasteiger partial charge in [0.15, 0.2) is 0 Å². The highest BCUT2D eigenvalue weighted by Crippen LogP contribution is 2.33. The summed E-state index contributed by atoms with van der Waals surface area (Å²) in [6.07, 6.45) is 5.73. The fraction of sp³-hybridized carbons (Fsp3) is 0.533. The van der Waals surface area contributed by atoms with Crippen LogP contribution in [0, 0.1) is 5.92 Å². The lowest BCUT2D eigenvalue weighted by Gasteiger charge is -2.34. The normalized spacial score (nSPS) is 25.7. The third kappa shape index (κ3) is 2.27. The van der Waals surface area contributed by atoms with E-state index in [9.17, 15) is 4.79 Å². The smallest absolute Gasteiger partial charge is 0.231 e. The number of rotatable bonds is 2. The standard InChI is InChI=1S/C15H19NO2/c17-15-10-14(12-6-4-5-7-12)18-11-16(15)13-8-2-1-3-9-13/h1-3,8-9,12,14H,4-7,10-11H2/t14-/m0/s1. The van der Waals surface area contributed by atoms with Crippen LogP contribution in [0.2, 0.25) is 0 Å². The quantitative estimate of drug-likeness (QED) is 0.801. The van der Waals surface area contributed by atoms with Crippen LogP contribution in [0.5, 0.6) is 0 Å². The Morgan fingerprint density at radius 1 is 1.11 bits per heavy atom. The number of para-hydroxylation sites is 1. The molecule has 2 aliphatic rings. The van der Waals surface area contributed by atoms with E-state index in [4.69, 9.17) is 4.74 Å². The molecule has 1 aliphatic heterocycles. The highest BCUT2D eigenvalue weighted by atomic mass is 16.5. The summed E-state index contributed by atoms with van der Waals surface area (Å²) in [5.74, 6) is 0.802. The van der Waals surface area contributed by atoms with Gasteiger partial charge in [-0.3, -0.25) is 9.69 Å². The van der Waals surface area contributed by atoms with Gasteiger partial charge in [0, 0.05) is 5.69 Å². The van der Waals surface area contributed by atoms with E-state index in [0.717, 1.165) is 5.69 Å². The second kappa shape index (κ2) is 5.11. The molecule has 1 aromatic carbocycles. The summed E-state index contributed by atoms with van der Waals surface area (Å²) >= 11 is 0. The van der Waals surface area contributed by atoms with Gasteiger partial charge in [0.2, 0.25) is 5.91 Å². The molecule has 3 nitrogen and oxygen atoms in total. The van der Waals surface area contributed by atoms with Gasteiger partial charge >= 0.3 is 0 Å². The molecule has 1 aromatic rings. The Bertz CT molecular complexity index is 412. The minimum atomic E-state index is 0.153. The molecule has 0 radical (unpaired) electrons. The molecule has 3 rings (SSSR count). The van der Waals surface area contributed by atoms with Gasteiger partial charge in [-0.05, 0) is 30.9 Å². The number of hydrogen-bond acceptors (Lipinski definition) is 2. The van der Waals surface area contributed by atoms with Crippen molar-refractivity contribution in [3.63, 3.8) is 0 Å². The van der Waals surface area contributed by atoms with Gasteiger partial charge in [-0.1, -0.05) is 31.0 Å². The van der Waals surface area contributed by atoms with Crippen molar-refractivity contribution >= 4 is 11.6 Å². The van der Waals surface area contributed by atoms with Gasteiger partial charge in [-0.15, -0.1) is 0 Å². The number of hydrogen-bond donors (Lipinski definition) is 0. The Morgan fingerprint density at radius 2 is 1.83 bits per heavy atom. The zero-order chi connectivity index (χ0) is 12.4. The summed E-state index contributed by atoms with van der Waals surface area (Å²) in [5.41, 5.74) is 0.937. The molecule has 3 heteroatoms. The van der Waals surface area contributed by atoms with Crippen LogP contribution in [0.1, 0.15) is 32.1 Å². The van der Waals surface area contributed by atoms with Crippen molar-refractivity contribution in [3.05, 3.63) is 30.3 Å². The number of anilines is 1. The van der Waals surface area contributed by atoms with Crippen LogP contribution in [0.25, 0.3) is 0 Å². The third-order valence-corrected chi connectivity index (χ3v) is 4.09. The van der Waals surface area contributed by atoms with Crippen LogP contribution >= 0.6 is 0 Å². The van der Waals surface area contributed by atoms with Gasteiger partial charge in [0.05, 0.1) is 12.5 Å². The number of carbonyl (C=O) groups is 1. The van der Waals surface area contributed by atoms with Gasteiger partial charge < -0.3 is 4.74 Å². The molecule has 0 N–H and O–H groups in total. The van der Waals surface area contributed by atoms with E-state index in [1.807, 2.05) is 30.3 Å². The molecule has 0 bridgehead atoms. The molecule has 2 fully saturated rings. The summed E-state index contributed by atoms with van der Waals surface area (Å²) in [6, 6.07) is 9.77. The molecule has 1 saturated carbocycles. The largest absolute Gasteiger partial charge is 0.357 e. The summed E-state index contributed by atoms with van der Waals surface area (Å²) in [7, 11) is 0. The highest BCUT2D eigenvalue weighted by molar-refractivity contribution is 5.93. The summed E-state index contributed by atoms with van der Waals surface area (Å²) < 4.78 is 5.90. The Labute approximate surface area is 108 Å². The Hall–Kier alpha value is -1.35. The van der Waals surface area contributed by atoms with E-state index in [2.05, 4.69) is 0 Å².